The molecule has 2 nitrogen and oxygen atoms in total. The van der Waals surface area contributed by atoms with E-state index < -0.39 is 0 Å². The molecule has 0 amide bonds. The van der Waals surface area contributed by atoms with Crippen LogP contribution in [0.15, 0.2) is 12.2 Å². The first-order chi connectivity index (χ1) is 9.91. The van der Waals surface area contributed by atoms with Gasteiger partial charge in [-0.15, -0.1) is 0 Å². The Morgan fingerprint density at radius 3 is 1.40 bits per heavy atom. The van der Waals surface area contributed by atoms with Crippen molar-refractivity contribution in [1.82, 2.24) is 0 Å². The van der Waals surface area contributed by atoms with Gasteiger partial charge >= 0.3 is 0 Å². The van der Waals surface area contributed by atoms with E-state index in [1.165, 1.54) is 83.5 Å². The van der Waals surface area contributed by atoms with Gasteiger partial charge in [-0.25, -0.2) is 0 Å². The minimum Gasteiger partial charge on any atom is -0.396 e. The van der Waals surface area contributed by atoms with E-state index in [2.05, 4.69) is 12.2 Å². The fourth-order valence-electron chi connectivity index (χ4n) is 2.43. The first-order valence-electron chi connectivity index (χ1n) is 8.87. The Kier molecular flexibility index (Phi) is 18.3. The number of aliphatic hydroxyl groups excluding tert-OH is 1. The smallest absolute Gasteiger partial charge is 0.0431 e. The quantitative estimate of drug-likeness (QED) is 0.311. The Morgan fingerprint density at radius 2 is 0.950 bits per heavy atom. The first kappa shape index (κ1) is 19.7. The van der Waals surface area contributed by atoms with Crippen LogP contribution in [0.1, 0.15) is 89.9 Å². The van der Waals surface area contributed by atoms with Gasteiger partial charge in [0.1, 0.15) is 0 Å². The van der Waals surface area contributed by atoms with Crippen molar-refractivity contribution in [2.75, 3.05) is 13.2 Å². The third kappa shape index (κ3) is 17.7. The van der Waals surface area contributed by atoms with Crippen molar-refractivity contribution in [3.63, 3.8) is 0 Å². The van der Waals surface area contributed by atoms with Gasteiger partial charge in [-0.2, -0.15) is 0 Å². The predicted molar refractivity (Wildman–Crippen MR) is 89.9 cm³/mol. The SMILES string of the molecule is NCCCCCCCC/C=C\CCCCCCCCO. The van der Waals surface area contributed by atoms with Crippen molar-refractivity contribution in [3.8, 4) is 0 Å². The molecule has 0 unspecified atom stereocenters. The average Bonchev–Trinajstić information content (AvgIpc) is 2.47. The summed E-state index contributed by atoms with van der Waals surface area (Å²) in [7, 11) is 0. The summed E-state index contributed by atoms with van der Waals surface area (Å²) < 4.78 is 0. The standard InChI is InChI=1S/C18H37NO/c19-17-15-13-11-9-7-5-3-1-2-4-6-8-10-12-14-16-18-20/h1-2,20H,3-19H2/b2-1-. The molecule has 0 aromatic rings. The molecule has 0 fully saturated rings. The highest BCUT2D eigenvalue weighted by Crippen LogP contribution is 2.09. The van der Waals surface area contributed by atoms with Crippen molar-refractivity contribution < 1.29 is 5.11 Å². The third-order valence-corrected chi connectivity index (χ3v) is 3.77. The highest BCUT2D eigenvalue weighted by Gasteiger charge is 1.91. The number of unbranched alkanes of at least 4 members (excludes halogenated alkanes) is 12. The van der Waals surface area contributed by atoms with E-state index in [0.717, 1.165) is 13.0 Å². The summed E-state index contributed by atoms with van der Waals surface area (Å²) >= 11 is 0. The second-order valence-electron chi connectivity index (χ2n) is 5.80. The van der Waals surface area contributed by atoms with Crippen LogP contribution in [0.5, 0.6) is 0 Å². The van der Waals surface area contributed by atoms with Gasteiger partial charge < -0.3 is 10.8 Å². The molecule has 3 N–H and O–H groups in total. The highest BCUT2D eigenvalue weighted by atomic mass is 16.2. The van der Waals surface area contributed by atoms with Gasteiger partial charge in [-0.1, -0.05) is 63.5 Å². The summed E-state index contributed by atoms with van der Waals surface area (Å²) in [6.07, 6.45) is 22.7. The maximum atomic E-state index is 8.67. The summed E-state index contributed by atoms with van der Waals surface area (Å²) in [4.78, 5) is 0. The summed E-state index contributed by atoms with van der Waals surface area (Å²) in [5.41, 5.74) is 5.47. The normalized spacial score (nSPS) is 11.5. The lowest BCUT2D eigenvalue weighted by Gasteiger charge is -1.99. The largest absolute Gasteiger partial charge is 0.396 e. The highest BCUT2D eigenvalue weighted by molar-refractivity contribution is 4.81. The molecule has 0 aliphatic rings. The minimum atomic E-state index is 0.357. The van der Waals surface area contributed by atoms with Crippen LogP contribution in [0.3, 0.4) is 0 Å². The van der Waals surface area contributed by atoms with Crippen molar-refractivity contribution in [3.05, 3.63) is 12.2 Å². The van der Waals surface area contributed by atoms with E-state index in [1.807, 2.05) is 0 Å². The summed E-state index contributed by atoms with van der Waals surface area (Å²) in [5.74, 6) is 0. The molecular weight excluding hydrogens is 246 g/mol. The fourth-order valence-corrected chi connectivity index (χ4v) is 2.43. The van der Waals surface area contributed by atoms with Crippen molar-refractivity contribution in [2.45, 2.75) is 89.9 Å². The van der Waals surface area contributed by atoms with Gasteiger partial charge in [-0.05, 0) is 45.1 Å². The van der Waals surface area contributed by atoms with E-state index in [9.17, 15) is 0 Å². The van der Waals surface area contributed by atoms with Crippen molar-refractivity contribution >= 4 is 0 Å². The molecule has 0 aromatic heterocycles. The Hall–Kier alpha value is -0.340. The number of aliphatic hydroxyl groups is 1. The lowest BCUT2D eigenvalue weighted by molar-refractivity contribution is 0.282. The molecule has 20 heavy (non-hydrogen) atoms. The summed E-state index contributed by atoms with van der Waals surface area (Å²) in [6.45, 7) is 1.21. The number of rotatable bonds is 16. The van der Waals surface area contributed by atoms with Gasteiger partial charge in [0.05, 0.1) is 0 Å². The van der Waals surface area contributed by atoms with Crippen LogP contribution >= 0.6 is 0 Å². The molecule has 0 saturated carbocycles. The molecule has 0 aromatic carbocycles. The summed E-state index contributed by atoms with van der Waals surface area (Å²) in [6, 6.07) is 0. The second-order valence-corrected chi connectivity index (χ2v) is 5.80. The van der Waals surface area contributed by atoms with E-state index in [0.29, 0.717) is 6.61 Å². The zero-order chi connectivity index (χ0) is 14.7. The monoisotopic (exact) mass is 283 g/mol. The fraction of sp³-hybridized carbons (Fsp3) is 0.889. The van der Waals surface area contributed by atoms with Crippen LogP contribution in [0.4, 0.5) is 0 Å². The molecule has 0 aliphatic heterocycles. The van der Waals surface area contributed by atoms with Gasteiger partial charge in [0.15, 0.2) is 0 Å². The van der Waals surface area contributed by atoms with Gasteiger partial charge in [-0.3, -0.25) is 0 Å². The molecule has 0 bridgehead atoms. The van der Waals surface area contributed by atoms with E-state index in [4.69, 9.17) is 10.8 Å². The van der Waals surface area contributed by atoms with Crippen LogP contribution in [-0.4, -0.2) is 18.3 Å². The number of allylic oxidation sites excluding steroid dienone is 2. The maximum absolute atomic E-state index is 8.67. The Morgan fingerprint density at radius 1 is 0.550 bits per heavy atom. The van der Waals surface area contributed by atoms with Gasteiger partial charge in [0.25, 0.3) is 0 Å². The predicted octanol–water partition coefficient (Wildman–Crippen LogP) is 4.96. The summed E-state index contributed by atoms with van der Waals surface area (Å²) in [5, 5.41) is 8.67. The van der Waals surface area contributed by atoms with Crippen LogP contribution in [-0.2, 0) is 0 Å². The molecule has 120 valence electrons. The van der Waals surface area contributed by atoms with E-state index in [-0.39, 0.29) is 0 Å². The molecule has 0 heterocycles. The molecule has 2 heteroatoms. The maximum Gasteiger partial charge on any atom is 0.0431 e. The lowest BCUT2D eigenvalue weighted by Crippen LogP contribution is -1.97. The Labute approximate surface area is 126 Å². The molecule has 0 atom stereocenters. The molecular formula is C18H37NO. The Balaban J connectivity index is 3.01. The Bertz CT molecular complexity index is 172. The van der Waals surface area contributed by atoms with Gasteiger partial charge in [0.2, 0.25) is 0 Å². The van der Waals surface area contributed by atoms with Crippen molar-refractivity contribution in [1.29, 1.82) is 0 Å². The molecule has 0 saturated heterocycles. The molecule has 0 spiro atoms. The first-order valence-corrected chi connectivity index (χ1v) is 8.87. The van der Waals surface area contributed by atoms with E-state index >= 15 is 0 Å². The number of nitrogens with two attached hydrogens (primary N) is 1. The second kappa shape index (κ2) is 18.7. The topological polar surface area (TPSA) is 46.2 Å². The molecule has 0 aliphatic carbocycles. The van der Waals surface area contributed by atoms with Crippen LogP contribution < -0.4 is 5.73 Å². The number of hydrogen-bond donors (Lipinski definition) is 2. The van der Waals surface area contributed by atoms with Crippen molar-refractivity contribution in [2.24, 2.45) is 5.73 Å². The molecule has 0 radical (unpaired) electrons. The van der Waals surface area contributed by atoms with Crippen LogP contribution in [0, 0.1) is 0 Å². The average molecular weight is 283 g/mol. The third-order valence-electron chi connectivity index (χ3n) is 3.77. The van der Waals surface area contributed by atoms with Gasteiger partial charge in [0, 0.05) is 6.61 Å². The van der Waals surface area contributed by atoms with Crippen LogP contribution in [0.2, 0.25) is 0 Å². The minimum absolute atomic E-state index is 0.357. The lowest BCUT2D eigenvalue weighted by atomic mass is 10.1. The number of hydrogen-bond acceptors (Lipinski definition) is 2. The van der Waals surface area contributed by atoms with Crippen LogP contribution in [0.25, 0.3) is 0 Å². The van der Waals surface area contributed by atoms with E-state index in [1.54, 1.807) is 0 Å². The molecule has 0 rings (SSSR count). The zero-order valence-corrected chi connectivity index (χ0v) is 13.5. The zero-order valence-electron chi connectivity index (χ0n) is 13.5.